The first kappa shape index (κ1) is 13.5. The molecule has 1 saturated heterocycles. The highest BCUT2D eigenvalue weighted by Gasteiger charge is 2.18. The fraction of sp³-hybridized carbons (Fsp3) is 0.500. The Bertz CT molecular complexity index is 448. The van der Waals surface area contributed by atoms with Crippen LogP contribution < -0.4 is 20.1 Å². The number of amides is 1. The minimum Gasteiger partial charge on any atom is -0.497 e. The Morgan fingerprint density at radius 3 is 2.89 bits per heavy atom. The third-order valence-corrected chi connectivity index (χ3v) is 3.25. The molecule has 104 valence electrons. The molecule has 1 heterocycles. The van der Waals surface area contributed by atoms with Crippen LogP contribution in [0.2, 0.25) is 0 Å². The van der Waals surface area contributed by atoms with Crippen LogP contribution in [0.4, 0.5) is 5.69 Å². The van der Waals surface area contributed by atoms with Crippen LogP contribution in [0.1, 0.15) is 19.3 Å². The summed E-state index contributed by atoms with van der Waals surface area (Å²) in [6.45, 7) is 0.756. The Morgan fingerprint density at radius 2 is 2.16 bits per heavy atom. The number of benzene rings is 1. The maximum Gasteiger partial charge on any atom is 0.222 e. The third kappa shape index (κ3) is 3.53. The standard InChI is InChI=1S/C14H20N2O3/c1-18-11-5-6-13(19-2)12(9-11)16-10-4-3-7-15-14(17)8-10/h5-6,9-10,16H,3-4,7-8H2,1-2H3,(H,15,17). The first-order valence-corrected chi connectivity index (χ1v) is 6.48. The minimum atomic E-state index is 0.0943. The molecule has 2 N–H and O–H groups in total. The van der Waals surface area contributed by atoms with Gasteiger partial charge in [-0.25, -0.2) is 0 Å². The van der Waals surface area contributed by atoms with E-state index in [0.717, 1.165) is 36.6 Å². The van der Waals surface area contributed by atoms with Crippen LogP contribution in [-0.4, -0.2) is 32.7 Å². The van der Waals surface area contributed by atoms with Gasteiger partial charge in [0.25, 0.3) is 0 Å². The molecule has 1 aromatic carbocycles. The van der Waals surface area contributed by atoms with E-state index in [9.17, 15) is 4.79 Å². The Kier molecular flexibility index (Phi) is 4.49. The van der Waals surface area contributed by atoms with Gasteiger partial charge in [-0.2, -0.15) is 0 Å². The predicted octanol–water partition coefficient (Wildman–Crippen LogP) is 1.78. The summed E-state index contributed by atoms with van der Waals surface area (Å²) in [5, 5.41) is 6.26. The van der Waals surface area contributed by atoms with Crippen molar-refractivity contribution in [2.45, 2.75) is 25.3 Å². The second-order valence-corrected chi connectivity index (χ2v) is 4.60. The zero-order valence-corrected chi connectivity index (χ0v) is 11.4. The maximum absolute atomic E-state index is 11.6. The van der Waals surface area contributed by atoms with Gasteiger partial charge in [-0.05, 0) is 25.0 Å². The molecule has 1 aliphatic heterocycles. The van der Waals surface area contributed by atoms with E-state index >= 15 is 0 Å². The first-order valence-electron chi connectivity index (χ1n) is 6.48. The number of hydrogen-bond acceptors (Lipinski definition) is 4. The van der Waals surface area contributed by atoms with E-state index < -0.39 is 0 Å². The molecule has 0 saturated carbocycles. The van der Waals surface area contributed by atoms with E-state index in [0.29, 0.717) is 6.42 Å². The van der Waals surface area contributed by atoms with Gasteiger partial charge >= 0.3 is 0 Å². The van der Waals surface area contributed by atoms with Gasteiger partial charge in [0.15, 0.2) is 0 Å². The highest BCUT2D eigenvalue weighted by atomic mass is 16.5. The van der Waals surface area contributed by atoms with Crippen molar-refractivity contribution in [1.29, 1.82) is 0 Å². The summed E-state index contributed by atoms with van der Waals surface area (Å²) >= 11 is 0. The van der Waals surface area contributed by atoms with Crippen molar-refractivity contribution in [2.75, 3.05) is 26.1 Å². The number of carbonyl (C=O) groups is 1. The van der Waals surface area contributed by atoms with Gasteiger partial charge in [-0.3, -0.25) is 4.79 Å². The van der Waals surface area contributed by atoms with Gasteiger partial charge in [0.2, 0.25) is 5.91 Å². The molecular weight excluding hydrogens is 244 g/mol. The molecule has 0 aromatic heterocycles. The van der Waals surface area contributed by atoms with Crippen LogP contribution in [-0.2, 0) is 4.79 Å². The number of anilines is 1. The Hall–Kier alpha value is -1.91. The molecule has 0 aliphatic carbocycles. The van der Waals surface area contributed by atoms with E-state index in [1.54, 1.807) is 14.2 Å². The molecule has 0 radical (unpaired) electrons. The molecule has 1 aromatic rings. The van der Waals surface area contributed by atoms with Crippen molar-refractivity contribution in [3.05, 3.63) is 18.2 Å². The molecule has 1 unspecified atom stereocenters. The predicted molar refractivity (Wildman–Crippen MR) is 73.8 cm³/mol. The summed E-state index contributed by atoms with van der Waals surface area (Å²) in [5.41, 5.74) is 0.863. The number of hydrogen-bond donors (Lipinski definition) is 2. The van der Waals surface area contributed by atoms with E-state index in [4.69, 9.17) is 9.47 Å². The molecule has 1 amide bonds. The lowest BCUT2D eigenvalue weighted by Crippen LogP contribution is -2.26. The summed E-state index contributed by atoms with van der Waals surface area (Å²) < 4.78 is 10.5. The number of nitrogens with one attached hydrogen (secondary N) is 2. The quantitative estimate of drug-likeness (QED) is 0.870. The summed E-state index contributed by atoms with van der Waals surface area (Å²) in [6, 6.07) is 5.73. The zero-order chi connectivity index (χ0) is 13.7. The SMILES string of the molecule is COc1ccc(OC)c(NC2CCCNC(=O)C2)c1. The smallest absolute Gasteiger partial charge is 0.222 e. The second-order valence-electron chi connectivity index (χ2n) is 4.60. The molecule has 1 fully saturated rings. The van der Waals surface area contributed by atoms with Crippen molar-refractivity contribution in [1.82, 2.24) is 5.32 Å². The van der Waals surface area contributed by atoms with Gasteiger partial charge in [0.05, 0.1) is 19.9 Å². The average Bonchev–Trinajstić information content (AvgIpc) is 2.63. The van der Waals surface area contributed by atoms with Crippen LogP contribution in [0.5, 0.6) is 11.5 Å². The lowest BCUT2D eigenvalue weighted by atomic mass is 10.1. The van der Waals surface area contributed by atoms with Gasteiger partial charge in [-0.1, -0.05) is 0 Å². The first-order chi connectivity index (χ1) is 9.22. The summed E-state index contributed by atoms with van der Waals surface area (Å²) in [7, 11) is 3.26. The van der Waals surface area contributed by atoms with Crippen molar-refractivity contribution in [3.63, 3.8) is 0 Å². The number of rotatable bonds is 4. The summed E-state index contributed by atoms with van der Waals surface area (Å²) in [6.07, 6.45) is 2.43. The van der Waals surface area contributed by atoms with Crippen molar-refractivity contribution >= 4 is 11.6 Å². The highest BCUT2D eigenvalue weighted by Crippen LogP contribution is 2.30. The molecule has 0 spiro atoms. The molecule has 0 bridgehead atoms. The van der Waals surface area contributed by atoms with Crippen molar-refractivity contribution in [2.24, 2.45) is 0 Å². The van der Waals surface area contributed by atoms with Gasteiger partial charge in [0.1, 0.15) is 11.5 Å². The van der Waals surface area contributed by atoms with E-state index in [-0.39, 0.29) is 11.9 Å². The Morgan fingerprint density at radius 1 is 1.32 bits per heavy atom. The second kappa shape index (κ2) is 6.31. The average molecular weight is 264 g/mol. The van der Waals surface area contributed by atoms with Crippen molar-refractivity contribution in [3.8, 4) is 11.5 Å². The van der Waals surface area contributed by atoms with Crippen LogP contribution in [0, 0.1) is 0 Å². The molecular formula is C14H20N2O3. The zero-order valence-electron chi connectivity index (χ0n) is 11.4. The third-order valence-electron chi connectivity index (χ3n) is 3.25. The summed E-state index contributed by atoms with van der Waals surface area (Å²) in [4.78, 5) is 11.6. The molecule has 1 atom stereocenters. The molecule has 19 heavy (non-hydrogen) atoms. The lowest BCUT2D eigenvalue weighted by molar-refractivity contribution is -0.120. The fourth-order valence-electron chi connectivity index (χ4n) is 2.24. The number of ether oxygens (including phenoxy) is 2. The number of methoxy groups -OCH3 is 2. The monoisotopic (exact) mass is 264 g/mol. The molecule has 5 nitrogen and oxygen atoms in total. The largest absolute Gasteiger partial charge is 0.497 e. The Labute approximate surface area is 113 Å². The lowest BCUT2D eigenvalue weighted by Gasteiger charge is -2.19. The van der Waals surface area contributed by atoms with E-state index in [1.807, 2.05) is 18.2 Å². The van der Waals surface area contributed by atoms with Crippen LogP contribution >= 0.6 is 0 Å². The fourth-order valence-corrected chi connectivity index (χ4v) is 2.24. The number of carbonyl (C=O) groups excluding carboxylic acids is 1. The highest BCUT2D eigenvalue weighted by molar-refractivity contribution is 5.77. The maximum atomic E-state index is 11.6. The summed E-state index contributed by atoms with van der Waals surface area (Å²) in [5.74, 6) is 1.61. The van der Waals surface area contributed by atoms with E-state index in [2.05, 4.69) is 10.6 Å². The van der Waals surface area contributed by atoms with Crippen LogP contribution in [0.15, 0.2) is 18.2 Å². The molecule has 5 heteroatoms. The molecule has 2 rings (SSSR count). The van der Waals surface area contributed by atoms with Crippen molar-refractivity contribution < 1.29 is 14.3 Å². The molecule has 1 aliphatic rings. The van der Waals surface area contributed by atoms with E-state index in [1.165, 1.54) is 0 Å². The minimum absolute atomic E-state index is 0.0943. The topological polar surface area (TPSA) is 59.6 Å². The normalized spacial score (nSPS) is 19.3. The van der Waals surface area contributed by atoms with Gasteiger partial charge in [0, 0.05) is 25.1 Å². The van der Waals surface area contributed by atoms with Crippen LogP contribution in [0.25, 0.3) is 0 Å². The van der Waals surface area contributed by atoms with Crippen LogP contribution in [0.3, 0.4) is 0 Å². The van der Waals surface area contributed by atoms with Gasteiger partial charge in [-0.15, -0.1) is 0 Å². The Balaban J connectivity index is 2.14. The van der Waals surface area contributed by atoms with Gasteiger partial charge < -0.3 is 20.1 Å².